The molecule has 5 heteroatoms. The number of esters is 1. The molecule has 17 heavy (non-hydrogen) atoms. The molecule has 1 aromatic heterocycles. The Morgan fingerprint density at radius 1 is 1.47 bits per heavy atom. The van der Waals surface area contributed by atoms with Gasteiger partial charge in [-0.25, -0.2) is 14.8 Å². The highest BCUT2D eigenvalue weighted by Gasteiger charge is 2.11. The van der Waals surface area contributed by atoms with Crippen LogP contribution in [-0.4, -0.2) is 29.1 Å². The fourth-order valence-corrected chi connectivity index (χ4v) is 1.65. The molecule has 1 rings (SSSR count). The topological polar surface area (TPSA) is 64.1 Å². The largest absolute Gasteiger partial charge is 0.463 e. The van der Waals surface area contributed by atoms with Gasteiger partial charge in [0.1, 0.15) is 5.82 Å². The molecule has 0 spiro atoms. The first-order valence-electron chi connectivity index (χ1n) is 5.70. The van der Waals surface area contributed by atoms with Crippen molar-refractivity contribution < 1.29 is 9.53 Å². The summed E-state index contributed by atoms with van der Waals surface area (Å²) in [5.74, 6) is 0.812. The lowest BCUT2D eigenvalue weighted by molar-refractivity contribution is 0.0587. The Bertz CT molecular complexity index is 380. The molecule has 0 bridgehead atoms. The van der Waals surface area contributed by atoms with Gasteiger partial charge in [0.2, 0.25) is 5.82 Å². The second kappa shape index (κ2) is 6.18. The first-order chi connectivity index (χ1) is 8.02. The highest BCUT2D eigenvalue weighted by atomic mass is 16.5. The maximum atomic E-state index is 11.3. The van der Waals surface area contributed by atoms with Crippen molar-refractivity contribution >= 4 is 11.8 Å². The average molecular weight is 237 g/mol. The van der Waals surface area contributed by atoms with E-state index in [9.17, 15) is 4.79 Å². The van der Waals surface area contributed by atoms with Gasteiger partial charge in [0, 0.05) is 12.2 Å². The van der Waals surface area contributed by atoms with Gasteiger partial charge in [-0.2, -0.15) is 0 Å². The number of hydrogen-bond acceptors (Lipinski definition) is 5. The predicted molar refractivity (Wildman–Crippen MR) is 65.9 cm³/mol. The van der Waals surface area contributed by atoms with Gasteiger partial charge in [0.15, 0.2) is 0 Å². The Balaban J connectivity index is 2.68. The summed E-state index contributed by atoms with van der Waals surface area (Å²) in [5.41, 5.74) is 0. The number of nitrogens with zero attached hydrogens (tertiary/aromatic N) is 2. The van der Waals surface area contributed by atoms with Crippen molar-refractivity contribution in [3.63, 3.8) is 0 Å². The minimum absolute atomic E-state index is 0.0780. The number of carbonyl (C=O) groups is 1. The van der Waals surface area contributed by atoms with Crippen molar-refractivity contribution in [1.82, 2.24) is 9.97 Å². The smallest absolute Gasteiger partial charge is 0.376 e. The zero-order valence-electron chi connectivity index (χ0n) is 10.7. The third-order valence-corrected chi connectivity index (χ3v) is 2.24. The molecular weight excluding hydrogens is 218 g/mol. The molecule has 0 aromatic carbocycles. The molecule has 0 amide bonds. The van der Waals surface area contributed by atoms with Gasteiger partial charge < -0.3 is 10.1 Å². The van der Waals surface area contributed by atoms with Crippen LogP contribution in [0.1, 0.15) is 37.8 Å². The van der Waals surface area contributed by atoms with Gasteiger partial charge in [0.05, 0.1) is 7.11 Å². The Labute approximate surface area is 102 Å². The molecule has 1 N–H and O–H groups in total. The number of carbonyl (C=O) groups excluding carboxylic acids is 1. The standard InChI is InChI=1S/C12H19N3O2/c1-8(2)7-9(3)14-10-5-6-13-11(15-10)12(16)17-4/h5-6,8-9H,7H2,1-4H3,(H,13,14,15). The van der Waals surface area contributed by atoms with Gasteiger partial charge in [-0.15, -0.1) is 0 Å². The summed E-state index contributed by atoms with van der Waals surface area (Å²) in [6, 6.07) is 2.04. The third-order valence-electron chi connectivity index (χ3n) is 2.24. The van der Waals surface area contributed by atoms with Crippen LogP contribution in [0.2, 0.25) is 0 Å². The van der Waals surface area contributed by atoms with Gasteiger partial charge in [-0.05, 0) is 25.3 Å². The van der Waals surface area contributed by atoms with Crippen LogP contribution in [0, 0.1) is 5.92 Å². The molecule has 1 atom stereocenters. The van der Waals surface area contributed by atoms with Gasteiger partial charge >= 0.3 is 5.97 Å². The molecule has 1 heterocycles. The molecule has 0 aliphatic carbocycles. The molecule has 0 aliphatic heterocycles. The van der Waals surface area contributed by atoms with Crippen LogP contribution < -0.4 is 5.32 Å². The van der Waals surface area contributed by atoms with E-state index in [2.05, 4.69) is 40.8 Å². The predicted octanol–water partition coefficient (Wildman–Crippen LogP) is 2.11. The van der Waals surface area contributed by atoms with E-state index >= 15 is 0 Å². The highest BCUT2D eigenvalue weighted by molar-refractivity contribution is 5.85. The Morgan fingerprint density at radius 2 is 2.18 bits per heavy atom. The molecule has 5 nitrogen and oxygen atoms in total. The quantitative estimate of drug-likeness (QED) is 0.794. The van der Waals surface area contributed by atoms with Crippen molar-refractivity contribution in [2.75, 3.05) is 12.4 Å². The number of nitrogens with one attached hydrogen (secondary N) is 1. The summed E-state index contributed by atoms with van der Waals surface area (Å²) in [6.07, 6.45) is 2.58. The van der Waals surface area contributed by atoms with Crippen LogP contribution in [0.4, 0.5) is 5.82 Å². The zero-order chi connectivity index (χ0) is 12.8. The number of methoxy groups -OCH3 is 1. The van der Waals surface area contributed by atoms with E-state index in [1.165, 1.54) is 7.11 Å². The van der Waals surface area contributed by atoms with E-state index in [-0.39, 0.29) is 5.82 Å². The summed E-state index contributed by atoms with van der Waals surface area (Å²) >= 11 is 0. The van der Waals surface area contributed by atoms with E-state index in [0.717, 1.165) is 6.42 Å². The Hall–Kier alpha value is -1.65. The molecule has 1 aromatic rings. The van der Waals surface area contributed by atoms with Crippen LogP contribution in [-0.2, 0) is 4.74 Å². The van der Waals surface area contributed by atoms with Crippen molar-refractivity contribution in [2.24, 2.45) is 5.92 Å². The Kier molecular flexibility index (Phi) is 4.87. The van der Waals surface area contributed by atoms with Crippen LogP contribution in [0.3, 0.4) is 0 Å². The first kappa shape index (κ1) is 13.4. The molecule has 0 radical (unpaired) electrons. The van der Waals surface area contributed by atoms with Crippen LogP contribution in [0.15, 0.2) is 12.3 Å². The lowest BCUT2D eigenvalue weighted by Gasteiger charge is -2.16. The minimum atomic E-state index is -0.523. The number of ether oxygens (including phenoxy) is 1. The van der Waals surface area contributed by atoms with E-state index < -0.39 is 5.97 Å². The van der Waals surface area contributed by atoms with Crippen molar-refractivity contribution in [2.45, 2.75) is 33.2 Å². The molecular formula is C12H19N3O2. The molecule has 0 aliphatic rings. The van der Waals surface area contributed by atoms with Crippen LogP contribution >= 0.6 is 0 Å². The van der Waals surface area contributed by atoms with E-state index in [1.54, 1.807) is 12.3 Å². The fourth-order valence-electron chi connectivity index (χ4n) is 1.65. The maximum Gasteiger partial charge on any atom is 0.376 e. The summed E-state index contributed by atoms with van der Waals surface area (Å²) in [6.45, 7) is 6.41. The third kappa shape index (κ3) is 4.38. The van der Waals surface area contributed by atoms with Gasteiger partial charge in [-0.3, -0.25) is 0 Å². The maximum absolute atomic E-state index is 11.3. The number of hydrogen-bond donors (Lipinski definition) is 1. The number of rotatable bonds is 5. The van der Waals surface area contributed by atoms with Crippen LogP contribution in [0.25, 0.3) is 0 Å². The zero-order valence-corrected chi connectivity index (χ0v) is 10.7. The summed E-state index contributed by atoms with van der Waals surface area (Å²) in [4.78, 5) is 19.2. The normalized spacial score (nSPS) is 12.3. The molecule has 94 valence electrons. The first-order valence-corrected chi connectivity index (χ1v) is 5.70. The molecule has 1 unspecified atom stereocenters. The second-order valence-electron chi connectivity index (χ2n) is 4.43. The SMILES string of the molecule is COC(=O)c1nccc(NC(C)CC(C)C)n1. The molecule has 0 saturated carbocycles. The molecule has 0 fully saturated rings. The summed E-state index contributed by atoms with van der Waals surface area (Å²) in [7, 11) is 1.31. The highest BCUT2D eigenvalue weighted by Crippen LogP contribution is 2.10. The lowest BCUT2D eigenvalue weighted by atomic mass is 10.1. The van der Waals surface area contributed by atoms with Crippen molar-refractivity contribution in [1.29, 1.82) is 0 Å². The van der Waals surface area contributed by atoms with E-state index in [1.807, 2.05) is 0 Å². The van der Waals surface area contributed by atoms with Crippen molar-refractivity contribution in [3.05, 3.63) is 18.1 Å². The van der Waals surface area contributed by atoms with E-state index in [0.29, 0.717) is 17.8 Å². The lowest BCUT2D eigenvalue weighted by Crippen LogP contribution is -2.19. The Morgan fingerprint density at radius 3 is 2.76 bits per heavy atom. The number of anilines is 1. The second-order valence-corrected chi connectivity index (χ2v) is 4.43. The average Bonchev–Trinajstić information content (AvgIpc) is 2.27. The van der Waals surface area contributed by atoms with Gasteiger partial charge in [0.25, 0.3) is 0 Å². The monoisotopic (exact) mass is 237 g/mol. The fraction of sp³-hybridized carbons (Fsp3) is 0.583. The van der Waals surface area contributed by atoms with E-state index in [4.69, 9.17) is 0 Å². The molecule has 0 saturated heterocycles. The van der Waals surface area contributed by atoms with Gasteiger partial charge in [-0.1, -0.05) is 13.8 Å². The van der Waals surface area contributed by atoms with Crippen molar-refractivity contribution in [3.8, 4) is 0 Å². The minimum Gasteiger partial charge on any atom is -0.463 e. The number of aromatic nitrogens is 2. The summed E-state index contributed by atoms with van der Waals surface area (Å²) in [5, 5.41) is 3.23. The van der Waals surface area contributed by atoms with Crippen LogP contribution in [0.5, 0.6) is 0 Å². The summed E-state index contributed by atoms with van der Waals surface area (Å²) < 4.78 is 4.57.